The summed E-state index contributed by atoms with van der Waals surface area (Å²) < 4.78 is 40.9. The lowest BCUT2D eigenvalue weighted by Gasteiger charge is -2.28. The fourth-order valence-electron chi connectivity index (χ4n) is 7.83. The lowest BCUT2D eigenvalue weighted by atomic mass is 9.96. The van der Waals surface area contributed by atoms with E-state index >= 15 is 0 Å². The Balaban J connectivity index is 1.26. The minimum atomic E-state index is -0.122. The number of anilines is 3. The van der Waals surface area contributed by atoms with Crippen molar-refractivity contribution in [2.75, 3.05) is 4.90 Å². The van der Waals surface area contributed by atoms with Gasteiger partial charge in [-0.05, 0) is 93.1 Å². The molecular weight excluding hydrogens is 653 g/mol. The van der Waals surface area contributed by atoms with Crippen LogP contribution in [0.1, 0.15) is 5.48 Å². The highest BCUT2D eigenvalue weighted by molar-refractivity contribution is 6.17. The predicted octanol–water partition coefficient (Wildman–Crippen LogP) is 14.4. The summed E-state index contributed by atoms with van der Waals surface area (Å²) in [5.41, 5.74) is 9.66. The van der Waals surface area contributed by atoms with Crippen LogP contribution in [0.15, 0.2) is 218 Å². The van der Waals surface area contributed by atoms with Gasteiger partial charge >= 0.3 is 0 Å². The molecule has 1 aromatic heterocycles. The second kappa shape index (κ2) is 13.4. The summed E-state index contributed by atoms with van der Waals surface area (Å²) in [6.45, 7) is 0. The minimum absolute atomic E-state index is 0.0953. The van der Waals surface area contributed by atoms with E-state index in [0.29, 0.717) is 11.3 Å². The average Bonchev–Trinajstić information content (AvgIpc) is 3.63. The third-order valence-electron chi connectivity index (χ3n) is 10.3. The second-order valence-electron chi connectivity index (χ2n) is 13.4. The highest BCUT2D eigenvalue weighted by Gasteiger charge is 2.22. The van der Waals surface area contributed by atoms with Crippen molar-refractivity contribution in [1.82, 2.24) is 4.57 Å². The van der Waals surface area contributed by atoms with Gasteiger partial charge in [-0.3, -0.25) is 0 Å². The number of nitrogens with zero attached hydrogens (tertiary/aromatic N) is 2. The Morgan fingerprint density at radius 2 is 0.981 bits per heavy atom. The first-order chi connectivity index (χ1) is 28.5. The average molecular weight is 693 g/mol. The smallest absolute Gasteiger partial charge is 0.0645 e. The largest absolute Gasteiger partial charge is 0.310 e. The van der Waals surface area contributed by atoms with E-state index in [1.54, 1.807) is 0 Å². The lowest BCUT2D eigenvalue weighted by molar-refractivity contribution is 1.18. The zero-order valence-electron chi connectivity index (χ0n) is 33.4. The molecule has 0 aliphatic rings. The molecule has 0 atom stereocenters. The fraction of sp³-hybridized carbons (Fsp3) is 0. The molecule has 0 saturated heterocycles. The maximum absolute atomic E-state index is 9.75. The van der Waals surface area contributed by atoms with Crippen LogP contribution in [0.25, 0.3) is 71.6 Å². The van der Waals surface area contributed by atoms with E-state index in [-0.39, 0.29) is 35.4 Å². The van der Waals surface area contributed by atoms with Gasteiger partial charge in [-0.15, -0.1) is 0 Å². The molecule has 1 heterocycles. The van der Waals surface area contributed by atoms with Crippen LogP contribution in [0.3, 0.4) is 0 Å². The van der Waals surface area contributed by atoms with Gasteiger partial charge in [0.25, 0.3) is 0 Å². The Kier molecular flexibility index (Phi) is 6.84. The Hall–Kier alpha value is -7.16. The van der Waals surface area contributed by atoms with Crippen LogP contribution in [-0.2, 0) is 0 Å². The topological polar surface area (TPSA) is 8.17 Å². The van der Waals surface area contributed by atoms with Crippen molar-refractivity contribution < 1.29 is 5.48 Å². The van der Waals surface area contributed by atoms with Crippen molar-refractivity contribution in [3.63, 3.8) is 0 Å². The number of para-hydroxylation sites is 3. The van der Waals surface area contributed by atoms with Crippen LogP contribution in [-0.4, -0.2) is 4.57 Å². The molecule has 0 N–H and O–H groups in total. The minimum Gasteiger partial charge on any atom is -0.310 e. The molecule has 54 heavy (non-hydrogen) atoms. The summed E-state index contributed by atoms with van der Waals surface area (Å²) in [5, 5.41) is 4.03. The summed E-state index contributed by atoms with van der Waals surface area (Å²) in [7, 11) is 0. The van der Waals surface area contributed by atoms with Crippen molar-refractivity contribution in [3.05, 3.63) is 218 Å². The lowest BCUT2D eigenvalue weighted by Crippen LogP contribution is -2.11. The van der Waals surface area contributed by atoms with Gasteiger partial charge in [-0.25, -0.2) is 0 Å². The van der Waals surface area contributed by atoms with Gasteiger partial charge in [-0.1, -0.05) is 164 Å². The molecule has 0 radical (unpaired) electrons. The van der Waals surface area contributed by atoms with E-state index in [0.717, 1.165) is 66.2 Å². The molecule has 2 heteroatoms. The Labute approximate surface area is 321 Å². The van der Waals surface area contributed by atoms with Crippen LogP contribution >= 0.6 is 0 Å². The van der Waals surface area contributed by atoms with Gasteiger partial charge in [0.2, 0.25) is 0 Å². The molecule has 254 valence electrons. The molecule has 10 aromatic rings. The van der Waals surface area contributed by atoms with E-state index in [4.69, 9.17) is 0 Å². The van der Waals surface area contributed by atoms with Gasteiger partial charge in [0.15, 0.2) is 0 Å². The molecule has 0 spiro atoms. The second-order valence-corrected chi connectivity index (χ2v) is 13.4. The molecule has 2 nitrogen and oxygen atoms in total. The summed E-state index contributed by atoms with van der Waals surface area (Å²) in [5.74, 6) is 0. The van der Waals surface area contributed by atoms with Crippen molar-refractivity contribution in [1.29, 1.82) is 0 Å². The van der Waals surface area contributed by atoms with E-state index in [9.17, 15) is 5.48 Å². The molecule has 0 fully saturated rings. The van der Waals surface area contributed by atoms with Crippen molar-refractivity contribution in [3.8, 4) is 39.1 Å². The molecule has 10 rings (SSSR count). The number of benzene rings is 9. The first kappa shape index (κ1) is 27.5. The predicted molar refractivity (Wildman–Crippen MR) is 229 cm³/mol. The van der Waals surface area contributed by atoms with Crippen LogP contribution in [0, 0.1) is 0 Å². The summed E-state index contributed by atoms with van der Waals surface area (Å²) in [6, 6.07) is 64.8. The van der Waals surface area contributed by atoms with E-state index in [1.807, 2.05) is 102 Å². The van der Waals surface area contributed by atoms with Gasteiger partial charge in [0.05, 0.1) is 22.2 Å². The maximum atomic E-state index is 9.75. The molecule has 0 unspecified atom stereocenters. The molecular formula is C52H36N2. The molecule has 9 aromatic carbocycles. The first-order valence-electron chi connectivity index (χ1n) is 20.2. The van der Waals surface area contributed by atoms with Crippen LogP contribution in [0.2, 0.25) is 0 Å². The van der Waals surface area contributed by atoms with E-state index in [1.165, 1.54) is 0 Å². The molecule has 0 aliphatic heterocycles. The summed E-state index contributed by atoms with van der Waals surface area (Å²) in [4.78, 5) is 1.92. The Morgan fingerprint density at radius 1 is 0.389 bits per heavy atom. The monoisotopic (exact) mass is 692 g/mol. The van der Waals surface area contributed by atoms with Crippen LogP contribution < -0.4 is 4.90 Å². The Bertz CT molecular complexity index is 3140. The normalized spacial score (nSPS) is 12.4. The SMILES string of the molecule is [2H]c1c([2H])c(N(c2cccc(-c3ccccc3)c2)c2ccccc2-c2cccc3c2c2ccccc2n3-c2ccccc2)c([2H])c([2H])c1-c1cccc2ccccc12. The number of rotatable bonds is 7. The quantitative estimate of drug-likeness (QED) is 0.161. The van der Waals surface area contributed by atoms with Gasteiger partial charge in [-0.2, -0.15) is 0 Å². The molecule has 0 amide bonds. The van der Waals surface area contributed by atoms with Gasteiger partial charge in [0, 0.05) is 33.4 Å². The zero-order chi connectivity index (χ0) is 39.3. The number of fused-ring (bicyclic) bond motifs is 4. The number of hydrogen-bond acceptors (Lipinski definition) is 1. The van der Waals surface area contributed by atoms with Crippen molar-refractivity contribution in [2.24, 2.45) is 0 Å². The van der Waals surface area contributed by atoms with Crippen molar-refractivity contribution in [2.45, 2.75) is 0 Å². The molecule has 0 bridgehead atoms. The number of hydrogen-bond donors (Lipinski definition) is 0. The van der Waals surface area contributed by atoms with Gasteiger partial charge in [0.1, 0.15) is 0 Å². The molecule has 0 aliphatic carbocycles. The standard InChI is InChI=1S/C52H36N2/c1-3-16-37(17-4-1)40-20-13-23-43(36-40)53(42-34-32-39(33-35-42)45-27-14-19-38-18-7-8-24-44(38)45)49-29-11-9-25-46(49)47-28-15-31-51-52(47)48-26-10-12-30-50(48)54(51)41-21-5-2-6-22-41/h1-36H/i32D,33D,34D,35D. The van der Waals surface area contributed by atoms with E-state index in [2.05, 4.69) is 102 Å². The van der Waals surface area contributed by atoms with Crippen LogP contribution in [0.4, 0.5) is 17.1 Å². The maximum Gasteiger partial charge on any atom is 0.0645 e. The fourth-order valence-corrected chi connectivity index (χ4v) is 7.83. The van der Waals surface area contributed by atoms with Gasteiger partial charge < -0.3 is 9.47 Å². The van der Waals surface area contributed by atoms with Crippen molar-refractivity contribution >= 4 is 49.6 Å². The highest BCUT2D eigenvalue weighted by atomic mass is 15.1. The van der Waals surface area contributed by atoms with E-state index < -0.39 is 0 Å². The third kappa shape index (κ3) is 5.44. The third-order valence-corrected chi connectivity index (χ3v) is 10.3. The number of aromatic nitrogens is 1. The Morgan fingerprint density at radius 3 is 1.83 bits per heavy atom. The molecule has 0 saturated carbocycles. The van der Waals surface area contributed by atoms with Crippen LogP contribution in [0.5, 0.6) is 0 Å². The first-order valence-corrected chi connectivity index (χ1v) is 18.2. The summed E-state index contributed by atoms with van der Waals surface area (Å²) >= 11 is 0. The highest BCUT2D eigenvalue weighted by Crippen LogP contribution is 2.46. The zero-order valence-corrected chi connectivity index (χ0v) is 29.4. The summed E-state index contributed by atoms with van der Waals surface area (Å²) in [6.07, 6.45) is 0.